The van der Waals surface area contributed by atoms with Gasteiger partial charge >= 0.3 is 11.7 Å². The maximum atomic E-state index is 12.7. The molecule has 0 radical (unpaired) electrons. The van der Waals surface area contributed by atoms with Crippen molar-refractivity contribution in [1.29, 1.82) is 0 Å². The quantitative estimate of drug-likeness (QED) is 0.665. The Morgan fingerprint density at radius 3 is 2.76 bits per heavy atom. The van der Waals surface area contributed by atoms with E-state index in [1.165, 1.54) is 17.5 Å². The minimum absolute atomic E-state index is 0.0336. The lowest BCUT2D eigenvalue weighted by Crippen LogP contribution is -2.41. The molecule has 2 aromatic rings. The van der Waals surface area contributed by atoms with Crippen molar-refractivity contribution >= 4 is 6.03 Å². The summed E-state index contributed by atoms with van der Waals surface area (Å²) in [6, 6.07) is 6.89. The molecule has 0 bridgehead atoms. The van der Waals surface area contributed by atoms with Crippen molar-refractivity contribution < 1.29 is 9.90 Å². The highest BCUT2D eigenvalue weighted by Gasteiger charge is 2.26. The number of aryl methyl sites for hydroxylation is 2. The summed E-state index contributed by atoms with van der Waals surface area (Å²) in [5.74, 6) is 1.70. The molecule has 2 amide bonds. The summed E-state index contributed by atoms with van der Waals surface area (Å²) in [5, 5.41) is 16.9. The fourth-order valence-corrected chi connectivity index (χ4v) is 3.78. The number of phenolic OH excluding ortho intramolecular Hbond substituents is 1. The molecule has 2 heterocycles. The number of carbonyl (C=O) groups excluding carboxylic acids is 1. The van der Waals surface area contributed by atoms with E-state index in [9.17, 15) is 14.7 Å². The molecule has 8 nitrogen and oxygen atoms in total. The third-order valence-electron chi connectivity index (χ3n) is 5.63. The molecule has 0 saturated heterocycles. The Morgan fingerprint density at radius 1 is 1.24 bits per heavy atom. The number of urea groups is 1. The summed E-state index contributed by atoms with van der Waals surface area (Å²) in [5.41, 5.74) is 0.961. The molecule has 1 saturated carbocycles. The van der Waals surface area contributed by atoms with Crippen molar-refractivity contribution in [3.63, 3.8) is 0 Å². The zero-order chi connectivity index (χ0) is 20.2. The fraction of sp³-hybridized carbons (Fsp3) is 0.571. The van der Waals surface area contributed by atoms with E-state index in [2.05, 4.69) is 10.4 Å². The highest BCUT2D eigenvalue weighted by atomic mass is 16.3. The number of phenols is 1. The first-order valence-electron chi connectivity index (χ1n) is 10.6. The van der Waals surface area contributed by atoms with Crippen LogP contribution >= 0.6 is 0 Å². The zero-order valence-electron chi connectivity index (χ0n) is 16.7. The van der Waals surface area contributed by atoms with Gasteiger partial charge in [-0.2, -0.15) is 5.10 Å². The van der Waals surface area contributed by atoms with Crippen molar-refractivity contribution in [3.8, 4) is 5.75 Å². The van der Waals surface area contributed by atoms with Crippen LogP contribution < -0.4 is 11.0 Å². The second-order valence-electron chi connectivity index (χ2n) is 8.11. The van der Waals surface area contributed by atoms with Crippen LogP contribution in [0.15, 0.2) is 29.1 Å². The molecule has 1 aromatic carbocycles. The predicted octanol–water partition coefficient (Wildman–Crippen LogP) is 2.10. The molecule has 2 aliphatic rings. The molecular formula is C21H29N5O3. The number of benzene rings is 1. The highest BCUT2D eigenvalue weighted by Crippen LogP contribution is 2.30. The van der Waals surface area contributed by atoms with E-state index >= 15 is 0 Å². The summed E-state index contributed by atoms with van der Waals surface area (Å²) < 4.78 is 3.31. The minimum atomic E-state index is -0.0820. The summed E-state index contributed by atoms with van der Waals surface area (Å²) >= 11 is 0. The zero-order valence-corrected chi connectivity index (χ0v) is 16.7. The first kappa shape index (κ1) is 19.5. The van der Waals surface area contributed by atoms with Gasteiger partial charge in [-0.3, -0.25) is 4.57 Å². The van der Waals surface area contributed by atoms with Crippen LogP contribution in [-0.2, 0) is 26.1 Å². The Kier molecular flexibility index (Phi) is 5.87. The van der Waals surface area contributed by atoms with Gasteiger partial charge in [0.1, 0.15) is 11.6 Å². The van der Waals surface area contributed by atoms with E-state index in [4.69, 9.17) is 0 Å². The Labute approximate surface area is 170 Å². The van der Waals surface area contributed by atoms with Crippen LogP contribution in [0.1, 0.15) is 43.5 Å². The largest absolute Gasteiger partial charge is 0.508 e. The van der Waals surface area contributed by atoms with E-state index in [1.54, 1.807) is 16.7 Å². The van der Waals surface area contributed by atoms with Crippen LogP contribution in [0, 0.1) is 5.92 Å². The molecule has 1 fully saturated rings. The van der Waals surface area contributed by atoms with Crippen LogP contribution in [-0.4, -0.2) is 43.5 Å². The first-order valence-corrected chi connectivity index (χ1v) is 10.6. The van der Waals surface area contributed by atoms with E-state index in [0.29, 0.717) is 32.0 Å². The third kappa shape index (κ3) is 4.99. The minimum Gasteiger partial charge on any atom is -0.508 e. The van der Waals surface area contributed by atoms with Crippen molar-refractivity contribution in [2.45, 2.75) is 58.2 Å². The monoisotopic (exact) mass is 399 g/mol. The number of nitrogens with zero attached hydrogens (tertiary/aromatic N) is 4. The Hall–Kier alpha value is -2.77. The molecule has 1 aromatic heterocycles. The van der Waals surface area contributed by atoms with Crippen molar-refractivity contribution in [3.05, 3.63) is 46.1 Å². The lowest BCUT2D eigenvalue weighted by atomic mass is 10.2. The van der Waals surface area contributed by atoms with Gasteiger partial charge in [0.25, 0.3) is 0 Å². The van der Waals surface area contributed by atoms with Gasteiger partial charge in [0.2, 0.25) is 0 Å². The lowest BCUT2D eigenvalue weighted by molar-refractivity contribution is 0.192. The summed E-state index contributed by atoms with van der Waals surface area (Å²) in [4.78, 5) is 26.9. The second-order valence-corrected chi connectivity index (χ2v) is 8.11. The number of carbonyl (C=O) groups is 1. The molecule has 0 spiro atoms. The van der Waals surface area contributed by atoms with Gasteiger partial charge in [-0.15, -0.1) is 0 Å². The highest BCUT2D eigenvalue weighted by molar-refractivity contribution is 5.74. The Morgan fingerprint density at radius 2 is 2.03 bits per heavy atom. The van der Waals surface area contributed by atoms with E-state index in [-0.39, 0.29) is 17.5 Å². The smallest absolute Gasteiger partial charge is 0.345 e. The van der Waals surface area contributed by atoms with Crippen LogP contribution in [0.2, 0.25) is 0 Å². The number of aromatic nitrogens is 3. The number of nitrogens with one attached hydrogen (secondary N) is 1. The number of aromatic hydroxyl groups is 1. The first-order chi connectivity index (χ1) is 14.1. The SMILES string of the molecule is O=C(NCCCn1nc2n(c1=O)CCCC2)N(Cc1ccc(O)cc1)CC1CC1. The number of amides is 2. The lowest BCUT2D eigenvalue weighted by Gasteiger charge is -2.23. The number of hydrogen-bond donors (Lipinski definition) is 2. The van der Waals surface area contributed by atoms with Crippen LogP contribution in [0.25, 0.3) is 0 Å². The van der Waals surface area contributed by atoms with Crippen molar-refractivity contribution in [2.24, 2.45) is 5.92 Å². The average molecular weight is 399 g/mol. The molecule has 4 rings (SSSR count). The Bertz CT molecular complexity index is 898. The number of rotatable bonds is 8. The molecule has 2 N–H and O–H groups in total. The van der Waals surface area contributed by atoms with Gasteiger partial charge in [-0.05, 0) is 55.7 Å². The van der Waals surface area contributed by atoms with Crippen molar-refractivity contribution in [1.82, 2.24) is 24.6 Å². The molecule has 1 aliphatic carbocycles. The molecule has 29 heavy (non-hydrogen) atoms. The Balaban J connectivity index is 1.28. The molecule has 8 heteroatoms. The molecule has 156 valence electrons. The normalized spacial score (nSPS) is 15.7. The van der Waals surface area contributed by atoms with E-state index < -0.39 is 0 Å². The van der Waals surface area contributed by atoms with Crippen LogP contribution in [0.4, 0.5) is 4.79 Å². The van der Waals surface area contributed by atoms with Crippen molar-refractivity contribution in [2.75, 3.05) is 13.1 Å². The van der Waals surface area contributed by atoms with Gasteiger partial charge in [-0.25, -0.2) is 14.3 Å². The summed E-state index contributed by atoms with van der Waals surface area (Å²) in [7, 11) is 0. The van der Waals surface area contributed by atoms with Gasteiger partial charge in [0.05, 0.1) is 0 Å². The maximum absolute atomic E-state index is 12.7. The standard InChI is InChI=1S/C21H29N5O3/c27-18-9-7-17(8-10-18)15-24(14-16-5-6-16)20(28)22-11-3-13-26-21(29)25-12-2-1-4-19(25)23-26/h7-10,16,27H,1-6,11-15H2,(H,22,28). The molecule has 0 atom stereocenters. The summed E-state index contributed by atoms with van der Waals surface area (Å²) in [6.45, 7) is 3.05. The van der Waals surface area contributed by atoms with E-state index in [0.717, 1.165) is 43.7 Å². The van der Waals surface area contributed by atoms with Gasteiger partial charge in [0, 0.05) is 39.1 Å². The van der Waals surface area contributed by atoms with E-state index in [1.807, 2.05) is 17.0 Å². The van der Waals surface area contributed by atoms with Crippen LogP contribution in [0.5, 0.6) is 5.75 Å². The maximum Gasteiger partial charge on any atom is 0.345 e. The van der Waals surface area contributed by atoms with Gasteiger partial charge in [-0.1, -0.05) is 12.1 Å². The fourth-order valence-electron chi connectivity index (χ4n) is 3.78. The predicted molar refractivity (Wildman–Crippen MR) is 109 cm³/mol. The molecule has 1 aliphatic heterocycles. The second kappa shape index (κ2) is 8.71. The van der Waals surface area contributed by atoms with Gasteiger partial charge in [0.15, 0.2) is 0 Å². The topological polar surface area (TPSA) is 92.4 Å². The molecular weight excluding hydrogens is 370 g/mol. The molecule has 0 unspecified atom stereocenters. The third-order valence-corrected chi connectivity index (χ3v) is 5.63. The van der Waals surface area contributed by atoms with Crippen LogP contribution in [0.3, 0.4) is 0 Å². The summed E-state index contributed by atoms with van der Waals surface area (Å²) in [6.07, 6.45) is 6.00. The average Bonchev–Trinajstić information content (AvgIpc) is 3.49. The number of hydrogen-bond acceptors (Lipinski definition) is 4. The van der Waals surface area contributed by atoms with Gasteiger partial charge < -0.3 is 15.3 Å². The number of fused-ring (bicyclic) bond motifs is 1.